The number of nitrogens with zero attached hydrogens (tertiary/aromatic N) is 4. The third-order valence-corrected chi connectivity index (χ3v) is 12.4. The summed E-state index contributed by atoms with van der Waals surface area (Å²) in [6.07, 6.45) is 15.4. The summed E-state index contributed by atoms with van der Waals surface area (Å²) in [5.74, 6) is 5.08. The second-order valence-electron chi connectivity index (χ2n) is 16.1. The molecule has 16 nitrogen and oxygen atoms in total. The summed E-state index contributed by atoms with van der Waals surface area (Å²) < 4.78 is 73.4. The normalized spacial score (nSPS) is 15.2. The summed E-state index contributed by atoms with van der Waals surface area (Å²) in [5.41, 5.74) is 8.39. The topological polar surface area (TPSA) is 160 Å². The number of hydrogen-bond donors (Lipinski definition) is 0. The van der Waals surface area contributed by atoms with Crippen molar-refractivity contribution in [1.29, 1.82) is 0 Å². The molecule has 0 amide bonds. The third kappa shape index (κ3) is 9.25. The monoisotopic (exact) mass is 1000 g/mol. The van der Waals surface area contributed by atoms with Crippen molar-refractivity contribution in [3.8, 4) is 69.0 Å². The largest absolute Gasteiger partial charge is 0.496 e. The van der Waals surface area contributed by atoms with Gasteiger partial charge < -0.3 is 56.8 Å². The summed E-state index contributed by atoms with van der Waals surface area (Å²) in [6, 6.07) is 14.3. The molecule has 5 aliphatic heterocycles. The van der Waals surface area contributed by atoms with E-state index >= 15 is 0 Å². The Morgan fingerprint density at radius 1 is 0.301 bits per heavy atom. The number of aliphatic imine (C=N–C) groups is 4. The van der Waals surface area contributed by atoms with E-state index in [0.717, 1.165) is 0 Å². The Bertz CT molecular complexity index is 3230. The highest BCUT2D eigenvalue weighted by molar-refractivity contribution is 6.51. The molecule has 0 radical (unpaired) electrons. The average Bonchev–Trinajstić information content (AvgIpc) is 4.24. The lowest BCUT2D eigenvalue weighted by atomic mass is 9.84. The molecular weight excluding hydrogens is 948 g/mol. The number of fused-ring (bicyclic) bond motifs is 4. The van der Waals surface area contributed by atoms with Gasteiger partial charge in [-0.3, -0.25) is 0 Å². The van der Waals surface area contributed by atoms with Gasteiger partial charge in [0.25, 0.3) is 0 Å². The van der Waals surface area contributed by atoms with Crippen LogP contribution in [0.3, 0.4) is 0 Å². The standard InChI is InChI=1S/C56H52N4O12.Al.3H/c1-61-34-21-40(65-5)48(41(22-34)66-6)38-19-33-18-31-14-13-29(57-31)17-30-15-16-32(58-30)20-39-49(50-42(67-7)23-35(62-2)24-43(50)68-8)53(51-44(69-9)25-36(63-3)26-45(51)70-10)56(60-39)54(55(38)59-33)52-46(71-11)27-37(64-4)28-47(52)72-12;;;;/h13-28H,1-12H3;;;;. The van der Waals surface area contributed by atoms with Crippen LogP contribution in [-0.2, 0) is 0 Å². The van der Waals surface area contributed by atoms with Gasteiger partial charge in [-0.15, -0.1) is 0 Å². The molecule has 0 unspecified atom stereocenters. The van der Waals surface area contributed by atoms with Crippen LogP contribution in [0.2, 0.25) is 0 Å². The summed E-state index contributed by atoms with van der Waals surface area (Å²) in [4.78, 5) is 21.3. The average molecular weight is 1000 g/mol. The van der Waals surface area contributed by atoms with E-state index in [0.29, 0.717) is 159 Å². The van der Waals surface area contributed by atoms with Crippen LogP contribution in [-0.4, -0.2) is 126 Å². The molecular formula is C56H55AlN4O12. The van der Waals surface area contributed by atoms with E-state index in [1.807, 2.05) is 48.6 Å². The van der Waals surface area contributed by atoms with Gasteiger partial charge in [0.15, 0.2) is 17.4 Å². The zero-order chi connectivity index (χ0) is 50.8. The van der Waals surface area contributed by atoms with E-state index < -0.39 is 0 Å². The first-order valence-corrected chi connectivity index (χ1v) is 22.4. The molecule has 0 fully saturated rings. The Kier molecular flexibility index (Phi) is 15.0. The fraction of sp³-hybridized carbons (Fsp3) is 0.214. The second kappa shape index (κ2) is 21.5. The molecule has 0 spiro atoms. The predicted octanol–water partition coefficient (Wildman–Crippen LogP) is 8.61. The van der Waals surface area contributed by atoms with E-state index in [9.17, 15) is 0 Å². The van der Waals surface area contributed by atoms with Crippen molar-refractivity contribution >= 4 is 62.5 Å². The summed E-state index contributed by atoms with van der Waals surface area (Å²) >= 11 is 0. The van der Waals surface area contributed by atoms with Crippen LogP contribution in [0.5, 0.6) is 69.0 Å². The number of rotatable bonds is 16. The van der Waals surface area contributed by atoms with Gasteiger partial charge in [-0.2, -0.15) is 0 Å². The molecule has 0 aromatic heterocycles. The SMILES string of the molecule is COc1cc(OC)c(C2=CC3=CC4=NC(=CC5=NC(=CC6=NC(=C(c7c(OC)cc(OC)cc7OC)C2=N3)C(c2c(OC)cc(OC)cc2OC)=C6c2c(OC)cc(OC)cc2OC)C=C5)C=C4)c(OC)c1.[AlH3]. The lowest BCUT2D eigenvalue weighted by molar-refractivity contribution is 0.373. The van der Waals surface area contributed by atoms with Gasteiger partial charge in [0.1, 0.15) is 69.0 Å². The molecule has 4 aromatic rings. The van der Waals surface area contributed by atoms with Gasteiger partial charge in [-0.05, 0) is 48.6 Å². The summed E-state index contributed by atoms with van der Waals surface area (Å²) in [7, 11) is 18.9. The molecule has 5 aliphatic rings. The van der Waals surface area contributed by atoms with Crippen LogP contribution < -0.4 is 56.8 Å². The van der Waals surface area contributed by atoms with Crippen molar-refractivity contribution in [2.75, 3.05) is 85.3 Å². The van der Waals surface area contributed by atoms with Crippen molar-refractivity contribution in [1.82, 2.24) is 0 Å². The van der Waals surface area contributed by atoms with Gasteiger partial charge in [-0.25, -0.2) is 20.0 Å². The fourth-order valence-corrected chi connectivity index (χ4v) is 9.08. The zero-order valence-electron chi connectivity index (χ0n) is 41.9. The van der Waals surface area contributed by atoms with Crippen LogP contribution in [0, 0.1) is 0 Å². The summed E-state index contributed by atoms with van der Waals surface area (Å²) in [5, 5.41) is 0. The minimum atomic E-state index is 0. The first-order chi connectivity index (χ1) is 35.1. The van der Waals surface area contributed by atoms with Crippen molar-refractivity contribution in [3.05, 3.63) is 142 Å². The number of hydrogen-bond acceptors (Lipinski definition) is 16. The highest BCUT2D eigenvalue weighted by Crippen LogP contribution is 2.57. The van der Waals surface area contributed by atoms with Gasteiger partial charge in [0.05, 0.1) is 153 Å². The Balaban J connectivity index is 0.00000711. The van der Waals surface area contributed by atoms with Crippen LogP contribution in [0.4, 0.5) is 0 Å². The van der Waals surface area contributed by atoms with Gasteiger partial charge in [0.2, 0.25) is 0 Å². The van der Waals surface area contributed by atoms with Crippen LogP contribution in [0.15, 0.2) is 140 Å². The number of benzene rings is 4. The van der Waals surface area contributed by atoms with Crippen LogP contribution in [0.25, 0.3) is 22.3 Å². The molecule has 0 N–H and O–H groups in total. The first-order valence-electron chi connectivity index (χ1n) is 22.4. The van der Waals surface area contributed by atoms with E-state index in [2.05, 4.69) is 0 Å². The lowest BCUT2D eigenvalue weighted by Gasteiger charge is -2.24. The molecule has 5 heterocycles. The number of allylic oxidation sites excluding steroid dienone is 12. The minimum absolute atomic E-state index is 0. The van der Waals surface area contributed by atoms with Gasteiger partial charge >= 0.3 is 0 Å². The Morgan fingerprint density at radius 3 is 1.03 bits per heavy atom. The molecule has 9 rings (SSSR count). The highest BCUT2D eigenvalue weighted by atomic mass is 27.0. The maximum Gasteiger partial charge on any atom is 0.187 e. The first kappa shape index (κ1) is 51.0. The molecule has 8 bridgehead atoms. The predicted molar refractivity (Wildman–Crippen MR) is 288 cm³/mol. The lowest BCUT2D eigenvalue weighted by Crippen LogP contribution is -2.11. The number of methoxy groups -OCH3 is 12. The molecule has 0 saturated carbocycles. The smallest absolute Gasteiger partial charge is 0.187 e. The van der Waals surface area contributed by atoms with E-state index in [-0.39, 0.29) is 17.4 Å². The Labute approximate surface area is 434 Å². The second-order valence-corrected chi connectivity index (χ2v) is 16.1. The zero-order valence-corrected chi connectivity index (χ0v) is 41.9. The van der Waals surface area contributed by atoms with Crippen molar-refractivity contribution in [2.24, 2.45) is 20.0 Å². The molecule has 0 atom stereocenters. The molecule has 374 valence electrons. The highest BCUT2D eigenvalue weighted by Gasteiger charge is 2.40. The van der Waals surface area contributed by atoms with E-state index in [4.69, 9.17) is 76.8 Å². The maximum atomic E-state index is 6.34. The Hall–Kier alpha value is -8.39. The van der Waals surface area contributed by atoms with Crippen molar-refractivity contribution in [3.63, 3.8) is 0 Å². The molecule has 4 aromatic carbocycles. The van der Waals surface area contributed by atoms with Crippen molar-refractivity contribution < 1.29 is 56.8 Å². The van der Waals surface area contributed by atoms with Crippen molar-refractivity contribution in [2.45, 2.75) is 0 Å². The van der Waals surface area contributed by atoms with Gasteiger partial charge in [0, 0.05) is 70.8 Å². The molecule has 17 heteroatoms. The fourth-order valence-electron chi connectivity index (χ4n) is 9.08. The Morgan fingerprint density at radius 2 is 0.644 bits per heavy atom. The molecule has 0 aliphatic carbocycles. The third-order valence-electron chi connectivity index (χ3n) is 12.4. The molecule has 0 saturated heterocycles. The van der Waals surface area contributed by atoms with E-state index in [1.165, 1.54) is 0 Å². The maximum absolute atomic E-state index is 6.34. The molecule has 73 heavy (non-hydrogen) atoms. The van der Waals surface area contributed by atoms with Gasteiger partial charge in [-0.1, -0.05) is 0 Å². The van der Waals surface area contributed by atoms with Crippen LogP contribution >= 0.6 is 0 Å². The summed E-state index contributed by atoms with van der Waals surface area (Å²) in [6.45, 7) is 0. The quantitative estimate of drug-likeness (QED) is 0.0986. The number of ether oxygens (including phenoxy) is 12. The van der Waals surface area contributed by atoms with Crippen LogP contribution in [0.1, 0.15) is 22.3 Å². The minimum Gasteiger partial charge on any atom is -0.496 e. The van der Waals surface area contributed by atoms with E-state index in [1.54, 1.807) is 134 Å².